The van der Waals surface area contributed by atoms with E-state index in [-0.39, 0.29) is 18.1 Å². The van der Waals surface area contributed by atoms with Crippen LogP contribution in [0.25, 0.3) is 6.08 Å². The number of carboxylic acid groups (broad SMARTS) is 1. The summed E-state index contributed by atoms with van der Waals surface area (Å²) < 4.78 is 84.1. The molecule has 0 fully saturated rings. The zero-order chi connectivity index (χ0) is 29.6. The third-order valence-corrected chi connectivity index (χ3v) is 7.17. The number of aliphatic hydroxyl groups is 1. The van der Waals surface area contributed by atoms with Crippen molar-refractivity contribution in [3.8, 4) is 5.75 Å². The highest BCUT2D eigenvalue weighted by Gasteiger charge is 2.68. The molecule has 0 aliphatic heterocycles. The van der Waals surface area contributed by atoms with E-state index in [9.17, 15) is 36.2 Å². The van der Waals surface area contributed by atoms with Crippen LogP contribution in [-0.2, 0) is 10.2 Å². The molecule has 10 heteroatoms. The summed E-state index contributed by atoms with van der Waals surface area (Å²) in [5.74, 6) is -0.178. The van der Waals surface area contributed by atoms with Crippen molar-refractivity contribution in [1.82, 2.24) is 0 Å². The largest absolute Gasteiger partial charge is 0.493 e. The van der Waals surface area contributed by atoms with Gasteiger partial charge in [0.15, 0.2) is 0 Å². The smallest absolute Gasteiger partial charge is 0.430 e. The van der Waals surface area contributed by atoms with Crippen molar-refractivity contribution in [2.75, 3.05) is 6.61 Å². The molecule has 0 radical (unpaired) electrons. The van der Waals surface area contributed by atoms with Gasteiger partial charge in [-0.05, 0) is 79.5 Å². The molecule has 0 aliphatic carbocycles. The average Bonchev–Trinajstić information content (AvgIpc) is 2.83. The van der Waals surface area contributed by atoms with E-state index >= 15 is 0 Å². The topological polar surface area (TPSA) is 66.8 Å². The van der Waals surface area contributed by atoms with Crippen molar-refractivity contribution < 1.29 is 46.1 Å². The van der Waals surface area contributed by atoms with Gasteiger partial charge in [-0.2, -0.15) is 26.3 Å². The molecule has 0 heterocycles. The molecule has 0 saturated heterocycles. The van der Waals surface area contributed by atoms with Crippen LogP contribution in [0.3, 0.4) is 0 Å². The maximum absolute atomic E-state index is 13.0. The molecule has 39 heavy (non-hydrogen) atoms. The zero-order valence-electron chi connectivity index (χ0n) is 22.3. The molecule has 0 amide bonds. The summed E-state index contributed by atoms with van der Waals surface area (Å²) in [6, 6.07) is 10.7. The molecule has 4 nitrogen and oxygen atoms in total. The fourth-order valence-electron chi connectivity index (χ4n) is 4.62. The highest BCUT2D eigenvalue weighted by Crippen LogP contribution is 2.45. The van der Waals surface area contributed by atoms with Gasteiger partial charge in [0.05, 0.1) is 6.61 Å². The number of aliphatic carboxylic acids is 1. The molecular formula is C29H34F6O4. The Bertz CT molecular complexity index is 1150. The standard InChI is InChI=1S/C29H34F6O4/c1-5-26(6-2,23-12-13-24(20(4)18-23)39-16-8-7-9-25(36)37)22-11-10-21(19(3)17-22)14-15-27(38,28(30,31)32)29(33,34)35/h10-15,17-18,38H,5-9,16H2,1-4H3,(H,36,37). The Morgan fingerprint density at radius 1 is 0.872 bits per heavy atom. The van der Waals surface area contributed by atoms with E-state index in [0.717, 1.165) is 16.7 Å². The van der Waals surface area contributed by atoms with Crippen molar-refractivity contribution in [2.45, 2.75) is 83.2 Å². The van der Waals surface area contributed by atoms with Gasteiger partial charge < -0.3 is 14.9 Å². The van der Waals surface area contributed by atoms with Crippen LogP contribution < -0.4 is 4.74 Å². The van der Waals surface area contributed by atoms with E-state index in [2.05, 4.69) is 0 Å². The van der Waals surface area contributed by atoms with Crippen molar-refractivity contribution in [3.05, 3.63) is 70.3 Å². The number of carbonyl (C=O) groups is 1. The summed E-state index contributed by atoms with van der Waals surface area (Å²) in [4.78, 5) is 10.6. The number of unbranched alkanes of at least 4 members (excludes halogenated alkanes) is 1. The number of halogens is 6. The van der Waals surface area contributed by atoms with Crippen molar-refractivity contribution >= 4 is 12.0 Å². The molecule has 2 N–H and O–H groups in total. The average molecular weight is 561 g/mol. The van der Waals surface area contributed by atoms with Gasteiger partial charge in [0, 0.05) is 11.8 Å². The van der Waals surface area contributed by atoms with E-state index in [0.29, 0.717) is 49.7 Å². The fraction of sp³-hybridized carbons (Fsp3) is 0.483. The lowest BCUT2D eigenvalue weighted by Gasteiger charge is -2.34. The summed E-state index contributed by atoms with van der Waals surface area (Å²) in [5.41, 5.74) is -2.14. The highest BCUT2D eigenvalue weighted by molar-refractivity contribution is 5.66. The minimum absolute atomic E-state index is 0.0797. The van der Waals surface area contributed by atoms with Crippen LogP contribution >= 0.6 is 0 Å². The first-order valence-electron chi connectivity index (χ1n) is 12.6. The number of benzene rings is 2. The van der Waals surface area contributed by atoms with Gasteiger partial charge in [-0.25, -0.2) is 0 Å². The molecule has 0 atom stereocenters. The molecular weight excluding hydrogens is 526 g/mol. The third-order valence-electron chi connectivity index (χ3n) is 7.17. The minimum atomic E-state index is -5.93. The van der Waals surface area contributed by atoms with Crippen LogP contribution in [0.15, 0.2) is 42.5 Å². The zero-order valence-corrected chi connectivity index (χ0v) is 22.3. The quantitative estimate of drug-likeness (QED) is 0.205. The summed E-state index contributed by atoms with van der Waals surface area (Å²) in [5, 5.41) is 18.2. The lowest BCUT2D eigenvalue weighted by Crippen LogP contribution is -2.55. The molecule has 0 aliphatic rings. The van der Waals surface area contributed by atoms with Gasteiger partial charge in [-0.3, -0.25) is 4.79 Å². The van der Waals surface area contributed by atoms with Crippen LogP contribution in [0.2, 0.25) is 0 Å². The number of carboxylic acids is 1. The monoisotopic (exact) mass is 560 g/mol. The molecule has 0 saturated carbocycles. The molecule has 2 aromatic rings. The highest BCUT2D eigenvalue weighted by atomic mass is 19.4. The van der Waals surface area contributed by atoms with Gasteiger partial charge in [0.25, 0.3) is 5.60 Å². The number of aryl methyl sites for hydroxylation is 2. The van der Waals surface area contributed by atoms with Crippen molar-refractivity contribution in [2.24, 2.45) is 0 Å². The van der Waals surface area contributed by atoms with E-state index in [1.54, 1.807) is 19.1 Å². The SMILES string of the molecule is CCC(CC)(c1ccc(C=CC(O)(C(F)(F)F)C(F)(F)F)c(C)c1)c1ccc(OCCCCC(=O)O)c(C)c1. The fourth-order valence-corrected chi connectivity index (χ4v) is 4.62. The number of ether oxygens (including phenoxy) is 1. The Kier molecular flexibility index (Phi) is 10.3. The first-order chi connectivity index (χ1) is 18.0. The molecule has 2 rings (SSSR count). The number of hydrogen-bond donors (Lipinski definition) is 2. The Morgan fingerprint density at radius 3 is 1.87 bits per heavy atom. The number of alkyl halides is 6. The summed E-state index contributed by atoms with van der Waals surface area (Å²) in [7, 11) is 0. The van der Waals surface area contributed by atoms with Crippen molar-refractivity contribution in [3.63, 3.8) is 0 Å². The van der Waals surface area contributed by atoms with Gasteiger partial charge >= 0.3 is 18.3 Å². The van der Waals surface area contributed by atoms with E-state index in [1.807, 2.05) is 39.0 Å². The van der Waals surface area contributed by atoms with Crippen LogP contribution in [-0.4, -0.2) is 40.7 Å². The Morgan fingerprint density at radius 2 is 1.41 bits per heavy atom. The second-order valence-corrected chi connectivity index (χ2v) is 9.64. The number of hydrogen-bond acceptors (Lipinski definition) is 3. The molecule has 2 aromatic carbocycles. The van der Waals surface area contributed by atoms with Gasteiger partial charge in [-0.15, -0.1) is 0 Å². The normalized spacial score (nSPS) is 13.2. The summed E-state index contributed by atoms with van der Waals surface area (Å²) in [6.45, 7) is 7.87. The second kappa shape index (κ2) is 12.4. The molecule has 216 valence electrons. The van der Waals surface area contributed by atoms with Crippen LogP contribution in [0.4, 0.5) is 26.3 Å². The third kappa shape index (κ3) is 7.15. The predicted octanol–water partition coefficient (Wildman–Crippen LogP) is 7.91. The van der Waals surface area contributed by atoms with E-state index in [1.165, 1.54) is 6.07 Å². The van der Waals surface area contributed by atoms with E-state index in [4.69, 9.17) is 9.84 Å². The van der Waals surface area contributed by atoms with Crippen molar-refractivity contribution in [1.29, 1.82) is 0 Å². The Balaban J connectivity index is 2.36. The van der Waals surface area contributed by atoms with Gasteiger partial charge in [0.2, 0.25) is 0 Å². The molecule has 0 aromatic heterocycles. The Labute approximate surface area is 224 Å². The maximum atomic E-state index is 13.0. The van der Waals surface area contributed by atoms with Gasteiger partial charge in [-0.1, -0.05) is 50.3 Å². The molecule has 0 bridgehead atoms. The first-order valence-corrected chi connectivity index (χ1v) is 12.6. The predicted molar refractivity (Wildman–Crippen MR) is 137 cm³/mol. The summed E-state index contributed by atoms with van der Waals surface area (Å²) >= 11 is 0. The minimum Gasteiger partial charge on any atom is -0.493 e. The lowest BCUT2D eigenvalue weighted by atomic mass is 9.70. The summed E-state index contributed by atoms with van der Waals surface area (Å²) in [6.07, 6.45) is -8.93. The molecule has 0 spiro atoms. The van der Waals surface area contributed by atoms with Crippen LogP contribution in [0.1, 0.15) is 73.8 Å². The lowest BCUT2D eigenvalue weighted by molar-refractivity contribution is -0.347. The Hall–Kier alpha value is -3.01. The van der Waals surface area contributed by atoms with Crippen LogP contribution in [0, 0.1) is 13.8 Å². The number of rotatable bonds is 12. The second-order valence-electron chi connectivity index (χ2n) is 9.64. The van der Waals surface area contributed by atoms with Gasteiger partial charge in [0.1, 0.15) is 5.75 Å². The van der Waals surface area contributed by atoms with E-state index < -0.39 is 29.3 Å². The first kappa shape index (κ1) is 32.2. The molecule has 0 unspecified atom stereocenters. The maximum Gasteiger partial charge on any atom is 0.430 e. The van der Waals surface area contributed by atoms with Crippen LogP contribution in [0.5, 0.6) is 5.75 Å².